The molecule has 6 heteroatoms. The Balaban J connectivity index is 2.52. The summed E-state index contributed by atoms with van der Waals surface area (Å²) in [5, 5.41) is 10.6. The van der Waals surface area contributed by atoms with Gasteiger partial charge in [-0.1, -0.05) is 15.9 Å². The fourth-order valence-corrected chi connectivity index (χ4v) is 1.83. The monoisotopic (exact) mass is 295 g/mol. The number of hydrogen-bond donors (Lipinski definition) is 0. The Morgan fingerprint density at radius 3 is 2.65 bits per heavy atom. The second-order valence-corrected chi connectivity index (χ2v) is 4.56. The van der Waals surface area contributed by atoms with Gasteiger partial charge in [-0.2, -0.15) is 0 Å². The molecule has 0 fully saturated rings. The summed E-state index contributed by atoms with van der Waals surface area (Å²) in [5.41, 5.74) is 1.93. The van der Waals surface area contributed by atoms with Gasteiger partial charge in [-0.05, 0) is 40.6 Å². The highest BCUT2D eigenvalue weighted by atomic mass is 79.9. The Morgan fingerprint density at radius 1 is 1.41 bits per heavy atom. The van der Waals surface area contributed by atoms with Crippen LogP contribution >= 0.6 is 15.9 Å². The lowest BCUT2D eigenvalue weighted by Crippen LogP contribution is -1.95. The Morgan fingerprint density at radius 2 is 2.12 bits per heavy atom. The first-order valence-corrected chi connectivity index (χ1v) is 5.75. The van der Waals surface area contributed by atoms with Gasteiger partial charge in [0.05, 0.1) is 0 Å². The fourth-order valence-electron chi connectivity index (χ4n) is 1.59. The molecule has 1 aromatic heterocycles. The van der Waals surface area contributed by atoms with Crippen LogP contribution < -0.4 is 0 Å². The molecule has 0 unspecified atom stereocenters. The summed E-state index contributed by atoms with van der Waals surface area (Å²) in [6.07, 6.45) is 1.43. The summed E-state index contributed by atoms with van der Waals surface area (Å²) in [6.45, 7) is 3.71. The first-order valence-electron chi connectivity index (χ1n) is 4.96. The smallest absolute Gasteiger partial charge is 0.358 e. The number of aromatic nitrogens is 2. The normalized spacial score (nSPS) is 10.5. The molecule has 17 heavy (non-hydrogen) atoms. The van der Waals surface area contributed by atoms with Crippen LogP contribution in [0.3, 0.4) is 0 Å². The number of rotatable bonds is 2. The molecule has 2 aromatic rings. The lowest BCUT2D eigenvalue weighted by atomic mass is 10.2. The molecule has 0 bridgehead atoms. The van der Waals surface area contributed by atoms with E-state index in [1.54, 1.807) is 11.5 Å². The third-order valence-corrected chi connectivity index (χ3v) is 3.37. The molecule has 0 radical (unpaired) electrons. The van der Waals surface area contributed by atoms with Crippen LogP contribution in [0.25, 0.3) is 5.69 Å². The first-order chi connectivity index (χ1) is 7.99. The van der Waals surface area contributed by atoms with E-state index in [4.69, 9.17) is 0 Å². The Kier molecular flexibility index (Phi) is 2.97. The maximum Gasteiger partial charge on any atom is 0.382 e. The van der Waals surface area contributed by atoms with Gasteiger partial charge in [0.1, 0.15) is 6.20 Å². The van der Waals surface area contributed by atoms with Gasteiger partial charge < -0.3 is 10.1 Å². The van der Waals surface area contributed by atoms with E-state index in [-0.39, 0.29) is 5.82 Å². The Labute approximate surface area is 106 Å². The maximum absolute atomic E-state index is 10.6. The zero-order chi connectivity index (χ0) is 12.6. The Bertz CT molecular complexity index is 592. The van der Waals surface area contributed by atoms with E-state index in [1.807, 2.05) is 25.1 Å². The molecule has 0 aliphatic rings. The summed E-state index contributed by atoms with van der Waals surface area (Å²) in [7, 11) is 0. The third kappa shape index (κ3) is 2.21. The summed E-state index contributed by atoms with van der Waals surface area (Å²) >= 11 is 3.42. The van der Waals surface area contributed by atoms with Crippen LogP contribution in [0.2, 0.25) is 0 Å². The standard InChI is InChI=1S/C11H10BrN3O2/c1-7-5-9(3-4-10(7)12)14-6-11(15(16)17)13-8(14)2/h3-6H,1-2H3. The lowest BCUT2D eigenvalue weighted by Gasteiger charge is -2.04. The van der Waals surface area contributed by atoms with Gasteiger partial charge in [0, 0.05) is 17.1 Å². The second kappa shape index (κ2) is 4.29. The van der Waals surface area contributed by atoms with Crippen molar-refractivity contribution in [2.24, 2.45) is 0 Å². The molecule has 1 aromatic carbocycles. The molecule has 5 nitrogen and oxygen atoms in total. The van der Waals surface area contributed by atoms with E-state index < -0.39 is 4.92 Å². The van der Waals surface area contributed by atoms with Crippen LogP contribution in [0, 0.1) is 24.0 Å². The summed E-state index contributed by atoms with van der Waals surface area (Å²) < 4.78 is 2.71. The number of nitro groups is 1. The van der Waals surface area contributed by atoms with E-state index >= 15 is 0 Å². The number of aryl methyl sites for hydroxylation is 2. The number of imidazole rings is 1. The predicted octanol–water partition coefficient (Wildman–Crippen LogP) is 3.16. The van der Waals surface area contributed by atoms with Crippen LogP contribution in [0.1, 0.15) is 11.4 Å². The zero-order valence-electron chi connectivity index (χ0n) is 9.35. The van der Waals surface area contributed by atoms with Crippen molar-refractivity contribution in [3.05, 3.63) is 50.4 Å². The SMILES string of the molecule is Cc1cc(-n2cc([N+](=O)[O-])nc2C)ccc1Br. The van der Waals surface area contributed by atoms with E-state index in [0.717, 1.165) is 15.7 Å². The number of benzene rings is 1. The Hall–Kier alpha value is -1.69. The average molecular weight is 296 g/mol. The molecule has 1 heterocycles. The van der Waals surface area contributed by atoms with E-state index in [2.05, 4.69) is 20.9 Å². The van der Waals surface area contributed by atoms with Crippen molar-refractivity contribution >= 4 is 21.7 Å². The quantitative estimate of drug-likeness (QED) is 0.631. The van der Waals surface area contributed by atoms with Gasteiger partial charge in [0.2, 0.25) is 5.82 Å². The molecule has 0 saturated heterocycles. The van der Waals surface area contributed by atoms with Gasteiger partial charge in [0.15, 0.2) is 0 Å². The number of hydrogen-bond acceptors (Lipinski definition) is 3. The third-order valence-electron chi connectivity index (χ3n) is 2.48. The summed E-state index contributed by atoms with van der Waals surface area (Å²) in [5.74, 6) is 0.460. The molecule has 0 aliphatic heterocycles. The van der Waals surface area contributed by atoms with Gasteiger partial charge in [-0.3, -0.25) is 4.57 Å². The molecule has 0 amide bonds. The lowest BCUT2D eigenvalue weighted by molar-refractivity contribution is -0.389. The molecule has 0 N–H and O–H groups in total. The maximum atomic E-state index is 10.6. The minimum atomic E-state index is -0.491. The van der Waals surface area contributed by atoms with Gasteiger partial charge >= 0.3 is 5.82 Å². The highest BCUT2D eigenvalue weighted by Gasteiger charge is 2.16. The largest absolute Gasteiger partial charge is 0.382 e. The predicted molar refractivity (Wildman–Crippen MR) is 67.4 cm³/mol. The van der Waals surface area contributed by atoms with E-state index in [9.17, 15) is 10.1 Å². The van der Waals surface area contributed by atoms with Crippen LogP contribution in [0.5, 0.6) is 0 Å². The van der Waals surface area contributed by atoms with Gasteiger partial charge in [-0.25, -0.2) is 0 Å². The number of nitrogens with zero attached hydrogens (tertiary/aromatic N) is 3. The molecular formula is C11H10BrN3O2. The summed E-state index contributed by atoms with van der Waals surface area (Å²) in [6, 6.07) is 5.74. The average Bonchev–Trinajstić information content (AvgIpc) is 2.65. The molecule has 0 spiro atoms. The topological polar surface area (TPSA) is 61.0 Å². The fraction of sp³-hybridized carbons (Fsp3) is 0.182. The van der Waals surface area contributed by atoms with Gasteiger partial charge in [0.25, 0.3) is 0 Å². The first kappa shape index (κ1) is 11.8. The van der Waals surface area contributed by atoms with E-state index in [0.29, 0.717) is 5.82 Å². The van der Waals surface area contributed by atoms with Crippen molar-refractivity contribution in [3.8, 4) is 5.69 Å². The molecular weight excluding hydrogens is 286 g/mol. The number of halogens is 1. The van der Waals surface area contributed by atoms with Crippen LogP contribution in [0.15, 0.2) is 28.9 Å². The molecule has 0 saturated carbocycles. The zero-order valence-corrected chi connectivity index (χ0v) is 10.9. The highest BCUT2D eigenvalue weighted by molar-refractivity contribution is 9.10. The van der Waals surface area contributed by atoms with Crippen LogP contribution in [-0.2, 0) is 0 Å². The van der Waals surface area contributed by atoms with Crippen LogP contribution in [-0.4, -0.2) is 14.5 Å². The highest BCUT2D eigenvalue weighted by Crippen LogP contribution is 2.22. The van der Waals surface area contributed by atoms with Crippen molar-refractivity contribution in [2.45, 2.75) is 13.8 Å². The second-order valence-electron chi connectivity index (χ2n) is 3.71. The molecule has 88 valence electrons. The molecule has 2 rings (SSSR count). The molecule has 0 aliphatic carbocycles. The van der Waals surface area contributed by atoms with Crippen molar-refractivity contribution in [1.29, 1.82) is 0 Å². The molecule has 0 atom stereocenters. The van der Waals surface area contributed by atoms with Crippen molar-refractivity contribution in [1.82, 2.24) is 9.55 Å². The van der Waals surface area contributed by atoms with E-state index in [1.165, 1.54) is 6.20 Å². The minimum Gasteiger partial charge on any atom is -0.358 e. The van der Waals surface area contributed by atoms with Crippen molar-refractivity contribution in [3.63, 3.8) is 0 Å². The van der Waals surface area contributed by atoms with Crippen LogP contribution in [0.4, 0.5) is 5.82 Å². The minimum absolute atomic E-state index is 0.136. The van der Waals surface area contributed by atoms with Crippen molar-refractivity contribution in [2.75, 3.05) is 0 Å². The van der Waals surface area contributed by atoms with Gasteiger partial charge in [-0.15, -0.1) is 0 Å². The van der Waals surface area contributed by atoms with Crippen molar-refractivity contribution < 1.29 is 4.92 Å². The summed E-state index contributed by atoms with van der Waals surface area (Å²) in [4.78, 5) is 14.0.